The molecule has 0 aromatic rings. The fourth-order valence-electron chi connectivity index (χ4n) is 4.27. The first kappa shape index (κ1) is 15.3. The molecule has 0 bridgehead atoms. The second-order valence-corrected chi connectivity index (χ2v) is 6.92. The van der Waals surface area contributed by atoms with E-state index >= 15 is 0 Å². The lowest BCUT2D eigenvalue weighted by Crippen LogP contribution is -2.59. The van der Waals surface area contributed by atoms with Crippen LogP contribution in [-0.2, 0) is 9.59 Å². The van der Waals surface area contributed by atoms with E-state index < -0.39 is 11.9 Å². The van der Waals surface area contributed by atoms with Crippen molar-refractivity contribution in [1.82, 2.24) is 4.90 Å². The van der Waals surface area contributed by atoms with E-state index in [1.54, 1.807) is 0 Å². The lowest BCUT2D eigenvalue weighted by Gasteiger charge is -2.49. The molecule has 0 spiro atoms. The first-order valence-electron chi connectivity index (χ1n) is 7.88. The molecule has 0 aromatic heterocycles. The maximum Gasteiger partial charge on any atom is 0.308 e. The summed E-state index contributed by atoms with van der Waals surface area (Å²) in [4.78, 5) is 25.9. The Kier molecular flexibility index (Phi) is 4.40. The van der Waals surface area contributed by atoms with E-state index in [9.17, 15) is 14.7 Å². The normalized spacial score (nSPS) is 42.6. The molecule has 0 radical (unpaired) electrons. The van der Waals surface area contributed by atoms with Crippen molar-refractivity contribution < 1.29 is 14.7 Å². The Balaban J connectivity index is 2.24. The van der Waals surface area contributed by atoms with Gasteiger partial charge >= 0.3 is 5.97 Å². The summed E-state index contributed by atoms with van der Waals surface area (Å²) in [6, 6.07) is 0.0251. The molecule has 1 N–H and O–H groups in total. The molecule has 2 aliphatic rings. The predicted octanol–water partition coefficient (Wildman–Crippen LogP) is 2.77. The maximum absolute atomic E-state index is 12.5. The summed E-state index contributed by atoms with van der Waals surface area (Å²) in [5, 5.41) is 9.46. The highest BCUT2D eigenvalue weighted by molar-refractivity contribution is 5.82. The number of carbonyl (C=O) groups excluding carboxylic acids is 1. The Labute approximate surface area is 121 Å². The number of nitrogens with zero attached hydrogens (tertiary/aromatic N) is 1. The highest BCUT2D eigenvalue weighted by atomic mass is 16.4. The molecule has 1 heterocycles. The quantitative estimate of drug-likeness (QED) is 0.846. The van der Waals surface area contributed by atoms with Gasteiger partial charge in [0.15, 0.2) is 0 Å². The van der Waals surface area contributed by atoms with Crippen molar-refractivity contribution in [1.29, 1.82) is 0 Å². The lowest BCUT2D eigenvalue weighted by atomic mass is 9.73. The zero-order chi connectivity index (χ0) is 15.0. The van der Waals surface area contributed by atoms with Gasteiger partial charge in [0.1, 0.15) is 0 Å². The number of carboxylic acid groups (broad SMARTS) is 1. The molecule has 1 aliphatic heterocycles. The van der Waals surface area contributed by atoms with Crippen molar-refractivity contribution in [2.45, 2.75) is 65.5 Å². The second kappa shape index (κ2) is 5.74. The minimum atomic E-state index is -0.765. The summed E-state index contributed by atoms with van der Waals surface area (Å²) < 4.78 is 0. The molecule has 1 saturated heterocycles. The van der Waals surface area contributed by atoms with Crippen LogP contribution in [0.3, 0.4) is 0 Å². The molecule has 2 rings (SSSR count). The topological polar surface area (TPSA) is 57.6 Å². The molecule has 4 nitrogen and oxygen atoms in total. The van der Waals surface area contributed by atoms with Gasteiger partial charge in [-0.2, -0.15) is 0 Å². The summed E-state index contributed by atoms with van der Waals surface area (Å²) in [6.07, 6.45) is 3.74. The number of aliphatic carboxylic acids is 1. The number of carboxylic acids is 1. The number of carbonyl (C=O) groups is 2. The van der Waals surface area contributed by atoms with Gasteiger partial charge in [0.25, 0.3) is 0 Å². The second-order valence-electron chi connectivity index (χ2n) is 6.92. The van der Waals surface area contributed by atoms with Crippen molar-refractivity contribution >= 4 is 11.9 Å². The van der Waals surface area contributed by atoms with Gasteiger partial charge in [-0.25, -0.2) is 0 Å². The Morgan fingerprint density at radius 1 is 1.15 bits per heavy atom. The minimum Gasteiger partial charge on any atom is -0.481 e. The van der Waals surface area contributed by atoms with Crippen molar-refractivity contribution in [3.63, 3.8) is 0 Å². The summed E-state index contributed by atoms with van der Waals surface area (Å²) in [6.45, 7) is 8.26. The van der Waals surface area contributed by atoms with Gasteiger partial charge in [-0.1, -0.05) is 33.6 Å². The van der Waals surface area contributed by atoms with Gasteiger partial charge in [-0.3, -0.25) is 9.59 Å². The van der Waals surface area contributed by atoms with E-state index in [0.717, 1.165) is 12.8 Å². The molecule has 1 amide bonds. The molecular weight excluding hydrogens is 254 g/mol. The highest BCUT2D eigenvalue weighted by Gasteiger charge is 2.46. The third-order valence-corrected chi connectivity index (χ3v) is 5.66. The molecule has 1 saturated carbocycles. The monoisotopic (exact) mass is 281 g/mol. The van der Waals surface area contributed by atoms with Gasteiger partial charge in [-0.05, 0) is 31.1 Å². The van der Waals surface area contributed by atoms with E-state index in [-0.39, 0.29) is 23.9 Å². The fourth-order valence-corrected chi connectivity index (χ4v) is 4.27. The lowest BCUT2D eigenvalue weighted by molar-refractivity contribution is -0.159. The minimum absolute atomic E-state index is 0.0671. The molecule has 20 heavy (non-hydrogen) atoms. The van der Waals surface area contributed by atoms with Crippen LogP contribution in [0.25, 0.3) is 0 Å². The zero-order valence-corrected chi connectivity index (χ0v) is 13.0. The summed E-state index contributed by atoms with van der Waals surface area (Å²) in [7, 11) is 0. The number of piperidine rings is 1. The molecule has 6 unspecified atom stereocenters. The van der Waals surface area contributed by atoms with E-state index in [0.29, 0.717) is 18.3 Å². The van der Waals surface area contributed by atoms with Crippen LogP contribution in [0.15, 0.2) is 0 Å². The Bertz CT molecular complexity index is 395. The molecular formula is C16H27NO3. The van der Waals surface area contributed by atoms with Gasteiger partial charge < -0.3 is 10.0 Å². The molecule has 2 fully saturated rings. The first-order chi connectivity index (χ1) is 9.34. The largest absolute Gasteiger partial charge is 0.481 e. The van der Waals surface area contributed by atoms with Crippen LogP contribution in [-0.4, -0.2) is 34.0 Å². The van der Waals surface area contributed by atoms with Gasteiger partial charge in [0, 0.05) is 18.5 Å². The third kappa shape index (κ3) is 2.57. The average Bonchev–Trinajstić information content (AvgIpc) is 2.33. The number of rotatable bonds is 2. The zero-order valence-electron chi connectivity index (χ0n) is 13.0. The van der Waals surface area contributed by atoms with E-state index in [2.05, 4.69) is 13.8 Å². The number of hydrogen-bond acceptors (Lipinski definition) is 2. The molecule has 4 heteroatoms. The summed E-state index contributed by atoms with van der Waals surface area (Å²) in [5.74, 6) is -0.0541. The van der Waals surface area contributed by atoms with Crippen LogP contribution in [0.2, 0.25) is 0 Å². The molecule has 1 aliphatic carbocycles. The van der Waals surface area contributed by atoms with Crippen molar-refractivity contribution in [3.8, 4) is 0 Å². The maximum atomic E-state index is 12.5. The predicted molar refractivity (Wildman–Crippen MR) is 77.2 cm³/mol. The van der Waals surface area contributed by atoms with Crippen LogP contribution in [0, 0.1) is 23.7 Å². The Morgan fingerprint density at radius 3 is 2.40 bits per heavy atom. The first-order valence-corrected chi connectivity index (χ1v) is 7.88. The highest BCUT2D eigenvalue weighted by Crippen LogP contribution is 2.39. The van der Waals surface area contributed by atoms with E-state index in [1.165, 1.54) is 6.42 Å². The summed E-state index contributed by atoms with van der Waals surface area (Å²) >= 11 is 0. The molecule has 6 atom stereocenters. The fraction of sp³-hybridized carbons (Fsp3) is 0.875. The van der Waals surface area contributed by atoms with E-state index in [4.69, 9.17) is 0 Å². The molecule has 114 valence electrons. The van der Waals surface area contributed by atoms with Crippen LogP contribution >= 0.6 is 0 Å². The van der Waals surface area contributed by atoms with Crippen LogP contribution in [0.4, 0.5) is 0 Å². The number of likely N-dealkylation sites (tertiary alicyclic amines) is 1. The van der Waals surface area contributed by atoms with E-state index in [1.807, 2.05) is 18.7 Å². The SMILES string of the molecule is CC1CCCC(N2C(=O)CC(C)C(C(=O)O)C2C)C1C. The van der Waals surface area contributed by atoms with Crippen molar-refractivity contribution in [2.24, 2.45) is 23.7 Å². The third-order valence-electron chi connectivity index (χ3n) is 5.66. The van der Waals surface area contributed by atoms with Crippen molar-refractivity contribution in [3.05, 3.63) is 0 Å². The van der Waals surface area contributed by atoms with Crippen LogP contribution < -0.4 is 0 Å². The smallest absolute Gasteiger partial charge is 0.308 e. The summed E-state index contributed by atoms with van der Waals surface area (Å²) in [5.41, 5.74) is 0. The standard InChI is InChI=1S/C16H27NO3/c1-9-6-5-7-13(11(9)3)17-12(4)15(16(19)20)10(2)8-14(17)18/h9-13,15H,5-8H2,1-4H3,(H,19,20). The van der Waals surface area contributed by atoms with Gasteiger partial charge in [0.05, 0.1) is 5.92 Å². The van der Waals surface area contributed by atoms with Crippen LogP contribution in [0.5, 0.6) is 0 Å². The van der Waals surface area contributed by atoms with Crippen LogP contribution in [0.1, 0.15) is 53.4 Å². The average molecular weight is 281 g/mol. The van der Waals surface area contributed by atoms with Gasteiger partial charge in [-0.15, -0.1) is 0 Å². The Hall–Kier alpha value is -1.06. The Morgan fingerprint density at radius 2 is 1.80 bits per heavy atom. The number of amides is 1. The van der Waals surface area contributed by atoms with Gasteiger partial charge in [0.2, 0.25) is 5.91 Å². The number of hydrogen-bond donors (Lipinski definition) is 1. The van der Waals surface area contributed by atoms with Crippen molar-refractivity contribution in [2.75, 3.05) is 0 Å². The molecule has 0 aromatic carbocycles.